The predicted molar refractivity (Wildman–Crippen MR) is 76.5 cm³/mol. The molecular weight excluding hydrogens is 305 g/mol. The number of nitrogens with one attached hydrogen (secondary N) is 1. The molecule has 1 aromatic carbocycles. The Labute approximate surface area is 126 Å². The number of aliphatic carboxylic acids is 1. The van der Waals surface area contributed by atoms with Crippen LogP contribution in [0.2, 0.25) is 10.0 Å². The van der Waals surface area contributed by atoms with Crippen molar-refractivity contribution in [3.05, 3.63) is 28.2 Å². The first-order valence-electron chi connectivity index (χ1n) is 6.05. The first-order valence-corrected chi connectivity index (χ1v) is 6.80. The molecule has 0 heterocycles. The van der Waals surface area contributed by atoms with Crippen molar-refractivity contribution in [2.24, 2.45) is 0 Å². The minimum Gasteiger partial charge on any atom is -0.484 e. The molecule has 0 unspecified atom stereocenters. The number of amides is 1. The van der Waals surface area contributed by atoms with Gasteiger partial charge in [-0.2, -0.15) is 0 Å². The number of unbranched alkanes of at least 4 members (excludes halogenated alkanes) is 1. The number of carboxylic acid groups (broad SMARTS) is 1. The zero-order chi connectivity index (χ0) is 15.0. The Bertz CT molecular complexity index is 459. The van der Waals surface area contributed by atoms with Gasteiger partial charge in [-0.15, -0.1) is 0 Å². The van der Waals surface area contributed by atoms with E-state index in [-0.39, 0.29) is 18.9 Å². The summed E-state index contributed by atoms with van der Waals surface area (Å²) in [6, 6.07) is 4.69. The SMILES string of the molecule is O=C(O)CCCCNC(=O)COc1cc(Cl)cc(Cl)c1. The number of ether oxygens (including phenoxy) is 1. The quantitative estimate of drug-likeness (QED) is 0.722. The summed E-state index contributed by atoms with van der Waals surface area (Å²) < 4.78 is 5.25. The number of carbonyl (C=O) groups excluding carboxylic acids is 1. The van der Waals surface area contributed by atoms with Gasteiger partial charge in [0.1, 0.15) is 5.75 Å². The summed E-state index contributed by atoms with van der Waals surface area (Å²) in [7, 11) is 0. The molecule has 0 saturated heterocycles. The fourth-order valence-corrected chi connectivity index (χ4v) is 1.95. The predicted octanol–water partition coefficient (Wildman–Crippen LogP) is 2.74. The Morgan fingerprint density at radius 2 is 1.80 bits per heavy atom. The maximum absolute atomic E-state index is 11.5. The summed E-state index contributed by atoms with van der Waals surface area (Å²) >= 11 is 11.6. The van der Waals surface area contributed by atoms with E-state index in [1.165, 1.54) is 0 Å². The van der Waals surface area contributed by atoms with Crippen molar-refractivity contribution in [2.45, 2.75) is 19.3 Å². The van der Waals surface area contributed by atoms with Gasteiger partial charge < -0.3 is 15.2 Å². The average Bonchev–Trinajstić information content (AvgIpc) is 2.34. The molecule has 0 atom stereocenters. The topological polar surface area (TPSA) is 75.6 Å². The second-order valence-electron chi connectivity index (χ2n) is 4.09. The highest BCUT2D eigenvalue weighted by molar-refractivity contribution is 6.34. The Hall–Kier alpha value is -1.46. The van der Waals surface area contributed by atoms with Gasteiger partial charge in [0.15, 0.2) is 6.61 Å². The Morgan fingerprint density at radius 3 is 2.40 bits per heavy atom. The normalized spacial score (nSPS) is 10.1. The summed E-state index contributed by atoms with van der Waals surface area (Å²) in [6.45, 7) is 0.279. The van der Waals surface area contributed by atoms with Crippen molar-refractivity contribution < 1.29 is 19.4 Å². The third kappa shape index (κ3) is 7.21. The van der Waals surface area contributed by atoms with Crippen LogP contribution in [-0.2, 0) is 9.59 Å². The monoisotopic (exact) mass is 319 g/mol. The molecule has 1 rings (SSSR count). The van der Waals surface area contributed by atoms with E-state index in [1.54, 1.807) is 18.2 Å². The molecule has 20 heavy (non-hydrogen) atoms. The standard InChI is InChI=1S/C13H15Cl2NO4/c14-9-5-10(15)7-11(6-9)20-8-12(17)16-4-2-1-3-13(18)19/h5-7H,1-4,8H2,(H,16,17)(H,18,19). The molecule has 2 N–H and O–H groups in total. The second-order valence-corrected chi connectivity index (χ2v) is 4.97. The number of halogens is 2. The van der Waals surface area contributed by atoms with Crippen LogP contribution < -0.4 is 10.1 Å². The van der Waals surface area contributed by atoms with Crippen LogP contribution in [0.4, 0.5) is 0 Å². The van der Waals surface area contributed by atoms with Gasteiger partial charge >= 0.3 is 5.97 Å². The minimum atomic E-state index is -0.836. The highest BCUT2D eigenvalue weighted by Crippen LogP contribution is 2.23. The van der Waals surface area contributed by atoms with E-state index in [4.69, 9.17) is 33.0 Å². The van der Waals surface area contributed by atoms with Crippen LogP contribution >= 0.6 is 23.2 Å². The lowest BCUT2D eigenvalue weighted by Gasteiger charge is -2.08. The van der Waals surface area contributed by atoms with Crippen LogP contribution in [0.25, 0.3) is 0 Å². The van der Waals surface area contributed by atoms with Crippen LogP contribution in [-0.4, -0.2) is 30.1 Å². The van der Waals surface area contributed by atoms with E-state index < -0.39 is 5.97 Å². The first-order chi connectivity index (χ1) is 9.47. The van der Waals surface area contributed by atoms with E-state index in [1.807, 2.05) is 0 Å². The number of benzene rings is 1. The van der Waals surface area contributed by atoms with Crippen molar-refractivity contribution >= 4 is 35.1 Å². The van der Waals surface area contributed by atoms with E-state index in [9.17, 15) is 9.59 Å². The molecule has 0 aromatic heterocycles. The molecule has 0 aliphatic rings. The van der Waals surface area contributed by atoms with Crippen molar-refractivity contribution in [2.75, 3.05) is 13.2 Å². The van der Waals surface area contributed by atoms with Gasteiger partial charge in [0, 0.05) is 23.0 Å². The van der Waals surface area contributed by atoms with E-state index >= 15 is 0 Å². The third-order valence-corrected chi connectivity index (χ3v) is 2.78. The van der Waals surface area contributed by atoms with Gasteiger partial charge in [-0.05, 0) is 31.0 Å². The molecule has 0 aliphatic heterocycles. The van der Waals surface area contributed by atoms with Crippen LogP contribution in [0.5, 0.6) is 5.75 Å². The fraction of sp³-hybridized carbons (Fsp3) is 0.385. The summed E-state index contributed by atoms with van der Waals surface area (Å²) in [5, 5.41) is 11.9. The fourth-order valence-electron chi connectivity index (χ4n) is 1.44. The highest BCUT2D eigenvalue weighted by Gasteiger charge is 2.04. The van der Waals surface area contributed by atoms with Crippen LogP contribution in [0, 0.1) is 0 Å². The molecule has 5 nitrogen and oxygen atoms in total. The minimum absolute atomic E-state index is 0.105. The molecule has 0 saturated carbocycles. The molecule has 1 amide bonds. The lowest BCUT2D eigenvalue weighted by atomic mass is 10.2. The second kappa shape index (κ2) is 8.66. The van der Waals surface area contributed by atoms with E-state index in [2.05, 4.69) is 5.32 Å². The molecule has 0 radical (unpaired) electrons. The Morgan fingerprint density at radius 1 is 1.15 bits per heavy atom. The van der Waals surface area contributed by atoms with E-state index in [0.29, 0.717) is 35.2 Å². The zero-order valence-corrected chi connectivity index (χ0v) is 12.2. The molecular formula is C13H15Cl2NO4. The average molecular weight is 320 g/mol. The van der Waals surface area contributed by atoms with Crippen molar-refractivity contribution in [1.29, 1.82) is 0 Å². The van der Waals surface area contributed by atoms with Crippen molar-refractivity contribution in [1.82, 2.24) is 5.32 Å². The number of hydrogen-bond donors (Lipinski definition) is 2. The van der Waals surface area contributed by atoms with Gasteiger partial charge in [-0.1, -0.05) is 23.2 Å². The van der Waals surface area contributed by atoms with Gasteiger partial charge in [0.05, 0.1) is 0 Å². The molecule has 0 spiro atoms. The van der Waals surface area contributed by atoms with Gasteiger partial charge in [-0.25, -0.2) is 0 Å². The van der Waals surface area contributed by atoms with Gasteiger partial charge in [0.2, 0.25) is 0 Å². The van der Waals surface area contributed by atoms with Crippen molar-refractivity contribution in [3.63, 3.8) is 0 Å². The van der Waals surface area contributed by atoms with Crippen LogP contribution in [0.15, 0.2) is 18.2 Å². The lowest BCUT2D eigenvalue weighted by Crippen LogP contribution is -2.29. The summed E-state index contributed by atoms with van der Waals surface area (Å²) in [5.41, 5.74) is 0. The van der Waals surface area contributed by atoms with Gasteiger partial charge in [0.25, 0.3) is 5.91 Å². The molecule has 7 heteroatoms. The third-order valence-electron chi connectivity index (χ3n) is 2.35. The Kier molecular flexibility index (Phi) is 7.18. The van der Waals surface area contributed by atoms with Gasteiger partial charge in [-0.3, -0.25) is 9.59 Å². The number of carbonyl (C=O) groups is 2. The smallest absolute Gasteiger partial charge is 0.303 e. The number of rotatable bonds is 8. The molecule has 110 valence electrons. The molecule has 1 aromatic rings. The summed E-state index contributed by atoms with van der Waals surface area (Å²) in [4.78, 5) is 21.7. The molecule has 0 aliphatic carbocycles. The number of carboxylic acids is 1. The van der Waals surface area contributed by atoms with E-state index in [0.717, 1.165) is 0 Å². The lowest BCUT2D eigenvalue weighted by molar-refractivity contribution is -0.137. The van der Waals surface area contributed by atoms with Crippen LogP contribution in [0.3, 0.4) is 0 Å². The van der Waals surface area contributed by atoms with Crippen LogP contribution in [0.1, 0.15) is 19.3 Å². The zero-order valence-electron chi connectivity index (χ0n) is 10.7. The first kappa shape index (κ1) is 16.6. The molecule has 0 bridgehead atoms. The van der Waals surface area contributed by atoms with Crippen molar-refractivity contribution in [3.8, 4) is 5.75 Å². The highest BCUT2D eigenvalue weighted by atomic mass is 35.5. The molecule has 0 fully saturated rings. The maximum atomic E-state index is 11.5. The number of hydrogen-bond acceptors (Lipinski definition) is 3. The Balaban J connectivity index is 2.21. The maximum Gasteiger partial charge on any atom is 0.303 e. The largest absolute Gasteiger partial charge is 0.484 e. The summed E-state index contributed by atoms with van der Waals surface area (Å²) in [5.74, 6) is -0.697. The summed E-state index contributed by atoms with van der Waals surface area (Å²) in [6.07, 6.45) is 1.24.